The van der Waals surface area contributed by atoms with E-state index >= 15 is 0 Å². The summed E-state index contributed by atoms with van der Waals surface area (Å²) in [6.07, 6.45) is 7.43. The van der Waals surface area contributed by atoms with Crippen molar-refractivity contribution in [2.45, 2.75) is 51.2 Å². The molecule has 1 aliphatic carbocycles. The third-order valence-corrected chi connectivity index (χ3v) is 4.63. The Morgan fingerprint density at radius 3 is 2.89 bits per heavy atom. The quantitative estimate of drug-likeness (QED) is 0.881. The summed E-state index contributed by atoms with van der Waals surface area (Å²) in [6, 6.07) is 3.64. The monoisotopic (exact) mass is 262 g/mol. The second kappa shape index (κ2) is 5.63. The van der Waals surface area contributed by atoms with Gasteiger partial charge in [-0.25, -0.2) is 0 Å². The van der Waals surface area contributed by atoms with Crippen LogP contribution in [0.25, 0.3) is 0 Å². The van der Waals surface area contributed by atoms with E-state index in [1.54, 1.807) is 0 Å². The summed E-state index contributed by atoms with van der Waals surface area (Å²) in [5.41, 5.74) is 1.43. The molecule has 3 rings (SSSR count). The maximum absolute atomic E-state index is 4.49. The Morgan fingerprint density at radius 1 is 1.37 bits per heavy atom. The number of piperidine rings is 1. The molecule has 1 aliphatic heterocycles. The average molecular weight is 262 g/mol. The summed E-state index contributed by atoms with van der Waals surface area (Å²) < 4.78 is 2.19. The summed E-state index contributed by atoms with van der Waals surface area (Å²) in [4.78, 5) is 2.76. The zero-order valence-electron chi connectivity index (χ0n) is 12.2. The molecule has 1 saturated carbocycles. The minimum absolute atomic E-state index is 0.566. The summed E-state index contributed by atoms with van der Waals surface area (Å²) in [6.45, 7) is 5.55. The van der Waals surface area contributed by atoms with Gasteiger partial charge in [-0.15, -0.1) is 0 Å². The Labute approximate surface area is 116 Å². The predicted molar refractivity (Wildman–Crippen MR) is 77.0 cm³/mol. The van der Waals surface area contributed by atoms with Gasteiger partial charge >= 0.3 is 0 Å². The minimum atomic E-state index is 0.566. The van der Waals surface area contributed by atoms with Gasteiger partial charge in [-0.2, -0.15) is 5.10 Å². The van der Waals surface area contributed by atoms with Gasteiger partial charge in [0.2, 0.25) is 0 Å². The molecule has 2 unspecified atom stereocenters. The van der Waals surface area contributed by atoms with Crippen LogP contribution >= 0.6 is 0 Å². The summed E-state index contributed by atoms with van der Waals surface area (Å²) in [5, 5.41) is 7.88. The largest absolute Gasteiger partial charge is 0.319 e. The molecule has 19 heavy (non-hydrogen) atoms. The highest BCUT2D eigenvalue weighted by molar-refractivity contribution is 5.12. The standard InChI is InChI=1S/C15H26N4/c1-3-19-14(8-9-17-19)15-12(11-16-2)5-4-10-18(15)13-6-7-13/h8-9,12-13,15-16H,3-7,10-11H2,1-2H3. The van der Waals surface area contributed by atoms with Gasteiger partial charge in [0, 0.05) is 18.8 Å². The fourth-order valence-corrected chi connectivity index (χ4v) is 3.67. The molecule has 0 radical (unpaired) electrons. The van der Waals surface area contributed by atoms with Gasteiger partial charge in [0.1, 0.15) is 0 Å². The fourth-order valence-electron chi connectivity index (χ4n) is 3.67. The van der Waals surface area contributed by atoms with Crippen LogP contribution < -0.4 is 5.32 Å². The fraction of sp³-hybridized carbons (Fsp3) is 0.800. The van der Waals surface area contributed by atoms with E-state index in [0.717, 1.165) is 25.0 Å². The third-order valence-electron chi connectivity index (χ3n) is 4.63. The van der Waals surface area contributed by atoms with E-state index in [0.29, 0.717) is 6.04 Å². The SMILES string of the molecule is CCn1nccc1C1C(CNC)CCCN1C1CC1. The molecule has 2 atom stereocenters. The molecule has 2 aliphatic rings. The van der Waals surface area contributed by atoms with Crippen LogP contribution in [0.2, 0.25) is 0 Å². The normalized spacial score (nSPS) is 28.7. The molecule has 0 spiro atoms. The minimum Gasteiger partial charge on any atom is -0.319 e. The van der Waals surface area contributed by atoms with Gasteiger partial charge in [0.05, 0.1) is 11.7 Å². The molecule has 4 nitrogen and oxygen atoms in total. The van der Waals surface area contributed by atoms with E-state index in [4.69, 9.17) is 0 Å². The van der Waals surface area contributed by atoms with Crippen LogP contribution in [-0.4, -0.2) is 40.9 Å². The Kier molecular flexibility index (Phi) is 3.89. The Hall–Kier alpha value is -0.870. The number of rotatable bonds is 5. The van der Waals surface area contributed by atoms with Crippen molar-refractivity contribution in [3.63, 3.8) is 0 Å². The third kappa shape index (κ3) is 2.56. The lowest BCUT2D eigenvalue weighted by Gasteiger charge is -2.42. The van der Waals surface area contributed by atoms with Crippen molar-refractivity contribution in [2.24, 2.45) is 5.92 Å². The van der Waals surface area contributed by atoms with E-state index in [-0.39, 0.29) is 0 Å². The molecule has 1 saturated heterocycles. The van der Waals surface area contributed by atoms with Gasteiger partial charge in [-0.3, -0.25) is 9.58 Å². The maximum atomic E-state index is 4.49. The van der Waals surface area contributed by atoms with Gasteiger partial charge in [0.25, 0.3) is 0 Å². The van der Waals surface area contributed by atoms with Crippen LogP contribution in [0, 0.1) is 5.92 Å². The average Bonchev–Trinajstić information content (AvgIpc) is 3.17. The van der Waals surface area contributed by atoms with Crippen molar-refractivity contribution in [1.82, 2.24) is 20.0 Å². The first-order chi connectivity index (χ1) is 9.35. The van der Waals surface area contributed by atoms with E-state index in [1.165, 1.54) is 37.9 Å². The number of nitrogens with one attached hydrogen (secondary N) is 1. The maximum Gasteiger partial charge on any atom is 0.0560 e. The highest BCUT2D eigenvalue weighted by Crippen LogP contribution is 2.42. The van der Waals surface area contributed by atoms with Crippen LogP contribution in [0.4, 0.5) is 0 Å². The Morgan fingerprint density at radius 2 is 2.21 bits per heavy atom. The lowest BCUT2D eigenvalue weighted by Crippen LogP contribution is -2.44. The van der Waals surface area contributed by atoms with Crippen molar-refractivity contribution in [3.05, 3.63) is 18.0 Å². The number of aryl methyl sites for hydroxylation is 1. The Bertz CT molecular complexity index is 408. The molecule has 0 amide bonds. The molecular weight excluding hydrogens is 236 g/mol. The highest BCUT2D eigenvalue weighted by Gasteiger charge is 2.41. The number of hydrogen-bond donors (Lipinski definition) is 1. The zero-order valence-corrected chi connectivity index (χ0v) is 12.2. The molecule has 0 aromatic carbocycles. The van der Waals surface area contributed by atoms with Crippen LogP contribution in [-0.2, 0) is 6.54 Å². The lowest BCUT2D eigenvalue weighted by molar-refractivity contribution is 0.0782. The number of nitrogens with zero attached hydrogens (tertiary/aromatic N) is 3. The van der Waals surface area contributed by atoms with E-state index in [1.807, 2.05) is 6.20 Å². The van der Waals surface area contributed by atoms with Crippen molar-refractivity contribution in [3.8, 4) is 0 Å². The molecule has 2 fully saturated rings. The molecule has 4 heteroatoms. The predicted octanol–water partition coefficient (Wildman–Crippen LogP) is 2.04. The molecule has 2 heterocycles. The van der Waals surface area contributed by atoms with Gasteiger partial charge in [-0.05, 0) is 64.7 Å². The van der Waals surface area contributed by atoms with Crippen molar-refractivity contribution in [2.75, 3.05) is 20.1 Å². The van der Waals surface area contributed by atoms with Crippen LogP contribution in [0.15, 0.2) is 12.3 Å². The van der Waals surface area contributed by atoms with Gasteiger partial charge < -0.3 is 5.32 Å². The van der Waals surface area contributed by atoms with Crippen molar-refractivity contribution in [1.29, 1.82) is 0 Å². The summed E-state index contributed by atoms with van der Waals surface area (Å²) in [5.74, 6) is 0.723. The number of aromatic nitrogens is 2. The lowest BCUT2D eigenvalue weighted by atomic mass is 9.86. The molecule has 0 bridgehead atoms. The van der Waals surface area contributed by atoms with Crippen LogP contribution in [0.1, 0.15) is 44.3 Å². The molecule has 1 aromatic heterocycles. The van der Waals surface area contributed by atoms with Crippen molar-refractivity contribution >= 4 is 0 Å². The molecule has 1 aromatic rings. The molecule has 106 valence electrons. The molecule has 1 N–H and O–H groups in total. The summed E-state index contributed by atoms with van der Waals surface area (Å²) >= 11 is 0. The van der Waals surface area contributed by atoms with Crippen molar-refractivity contribution < 1.29 is 0 Å². The Balaban J connectivity index is 1.89. The smallest absolute Gasteiger partial charge is 0.0560 e. The van der Waals surface area contributed by atoms with Gasteiger partial charge in [0.15, 0.2) is 0 Å². The van der Waals surface area contributed by atoms with E-state index in [9.17, 15) is 0 Å². The first-order valence-corrected chi connectivity index (χ1v) is 7.77. The second-order valence-electron chi connectivity index (χ2n) is 5.95. The highest BCUT2D eigenvalue weighted by atomic mass is 15.3. The first kappa shape index (κ1) is 13.1. The summed E-state index contributed by atoms with van der Waals surface area (Å²) in [7, 11) is 2.07. The topological polar surface area (TPSA) is 33.1 Å². The molecular formula is C15H26N4. The van der Waals surface area contributed by atoms with E-state index in [2.05, 4.69) is 40.0 Å². The second-order valence-corrected chi connectivity index (χ2v) is 5.95. The number of hydrogen-bond acceptors (Lipinski definition) is 3. The van der Waals surface area contributed by atoms with Crippen LogP contribution in [0.3, 0.4) is 0 Å². The van der Waals surface area contributed by atoms with E-state index < -0.39 is 0 Å². The van der Waals surface area contributed by atoms with Crippen LogP contribution in [0.5, 0.6) is 0 Å². The van der Waals surface area contributed by atoms with Gasteiger partial charge in [-0.1, -0.05) is 0 Å². The first-order valence-electron chi connectivity index (χ1n) is 7.77. The number of likely N-dealkylation sites (tertiary alicyclic amines) is 1. The zero-order chi connectivity index (χ0) is 13.2.